The topological polar surface area (TPSA) is 119 Å². The van der Waals surface area contributed by atoms with E-state index in [1.807, 2.05) is 13.8 Å². The Morgan fingerprint density at radius 2 is 2.12 bits per heavy atom. The summed E-state index contributed by atoms with van der Waals surface area (Å²) >= 11 is 0. The fraction of sp³-hybridized carbons (Fsp3) is 0.562. The van der Waals surface area contributed by atoms with Crippen molar-refractivity contribution in [2.45, 2.75) is 46.1 Å². The van der Waals surface area contributed by atoms with Crippen molar-refractivity contribution < 1.29 is 9.90 Å². The summed E-state index contributed by atoms with van der Waals surface area (Å²) in [6, 6.07) is 1.02. The fourth-order valence-corrected chi connectivity index (χ4v) is 2.67. The lowest BCUT2D eigenvalue weighted by molar-refractivity contribution is -0.122. The van der Waals surface area contributed by atoms with Gasteiger partial charge in [0.2, 0.25) is 5.91 Å². The maximum absolute atomic E-state index is 12.4. The standard InChI is InChI=1S/C16H24N4O4/c1-4-9(2)12(8-21)18-14(22)6-5-11-10(3)17-13-7-15(23)19-20(13)16(11)24/h7,9,12,17,21H,4-6,8H2,1-3H3,(H,18,22)(H,19,23)/t9-,12-/m1/s1. The van der Waals surface area contributed by atoms with E-state index in [1.54, 1.807) is 6.92 Å². The summed E-state index contributed by atoms with van der Waals surface area (Å²) in [7, 11) is 0. The van der Waals surface area contributed by atoms with E-state index in [0.717, 1.165) is 10.9 Å². The molecule has 2 heterocycles. The molecule has 4 N–H and O–H groups in total. The number of aromatic nitrogens is 3. The maximum atomic E-state index is 12.4. The smallest absolute Gasteiger partial charge is 0.276 e. The molecule has 0 aromatic carbocycles. The summed E-state index contributed by atoms with van der Waals surface area (Å²) in [5.41, 5.74) is 0.780. The molecule has 2 atom stereocenters. The molecule has 0 fully saturated rings. The van der Waals surface area contributed by atoms with Crippen molar-refractivity contribution in [3.05, 3.63) is 38.0 Å². The number of aryl methyl sites for hydroxylation is 1. The monoisotopic (exact) mass is 336 g/mol. The molecule has 0 spiro atoms. The van der Waals surface area contributed by atoms with Crippen LogP contribution in [0.4, 0.5) is 0 Å². The summed E-state index contributed by atoms with van der Waals surface area (Å²) in [6.07, 6.45) is 1.23. The van der Waals surface area contributed by atoms with Crippen molar-refractivity contribution in [3.8, 4) is 0 Å². The van der Waals surface area contributed by atoms with Crippen molar-refractivity contribution in [2.24, 2.45) is 5.92 Å². The number of carbonyl (C=O) groups is 1. The van der Waals surface area contributed by atoms with Gasteiger partial charge >= 0.3 is 0 Å². The zero-order valence-electron chi connectivity index (χ0n) is 14.2. The number of hydrogen-bond donors (Lipinski definition) is 4. The minimum atomic E-state index is -0.364. The van der Waals surface area contributed by atoms with Crippen LogP contribution in [0.3, 0.4) is 0 Å². The van der Waals surface area contributed by atoms with Crippen LogP contribution < -0.4 is 16.4 Å². The predicted molar refractivity (Wildman–Crippen MR) is 90.2 cm³/mol. The summed E-state index contributed by atoms with van der Waals surface area (Å²) in [5.74, 6) is -0.0420. The number of rotatable bonds is 7. The van der Waals surface area contributed by atoms with Crippen LogP contribution in [0.1, 0.15) is 37.9 Å². The first-order chi connectivity index (χ1) is 11.4. The molecule has 24 heavy (non-hydrogen) atoms. The average molecular weight is 336 g/mol. The summed E-state index contributed by atoms with van der Waals surface area (Å²) < 4.78 is 1.15. The quantitative estimate of drug-likeness (QED) is 0.572. The molecule has 0 saturated heterocycles. The third kappa shape index (κ3) is 3.76. The Morgan fingerprint density at radius 1 is 1.42 bits per heavy atom. The number of H-pyrrole nitrogens is 2. The number of aromatic amines is 2. The number of amides is 1. The number of carbonyl (C=O) groups excluding carboxylic acids is 1. The Hall–Kier alpha value is -2.35. The minimum Gasteiger partial charge on any atom is -0.394 e. The molecular formula is C16H24N4O4. The molecule has 8 heteroatoms. The van der Waals surface area contributed by atoms with Crippen LogP contribution >= 0.6 is 0 Å². The fourth-order valence-electron chi connectivity index (χ4n) is 2.67. The van der Waals surface area contributed by atoms with E-state index in [1.165, 1.54) is 6.07 Å². The van der Waals surface area contributed by atoms with Gasteiger partial charge in [0, 0.05) is 23.7 Å². The highest BCUT2D eigenvalue weighted by molar-refractivity contribution is 5.76. The highest BCUT2D eigenvalue weighted by atomic mass is 16.3. The number of aliphatic hydroxyl groups is 1. The molecule has 2 aromatic rings. The number of fused-ring (bicyclic) bond motifs is 1. The first-order valence-corrected chi connectivity index (χ1v) is 8.11. The van der Waals surface area contributed by atoms with E-state index < -0.39 is 0 Å². The van der Waals surface area contributed by atoms with Gasteiger partial charge in [-0.05, 0) is 19.3 Å². The van der Waals surface area contributed by atoms with Crippen molar-refractivity contribution in [2.75, 3.05) is 6.61 Å². The van der Waals surface area contributed by atoms with E-state index in [2.05, 4.69) is 15.4 Å². The predicted octanol–water partition coefficient (Wildman–Crippen LogP) is 0.0801. The Kier molecular flexibility index (Phi) is 5.61. The first-order valence-electron chi connectivity index (χ1n) is 8.11. The van der Waals surface area contributed by atoms with Crippen LogP contribution in [0.25, 0.3) is 5.65 Å². The van der Waals surface area contributed by atoms with Crippen LogP contribution in [0, 0.1) is 12.8 Å². The number of nitrogens with zero attached hydrogens (tertiary/aromatic N) is 1. The molecule has 132 valence electrons. The Balaban J connectivity index is 2.11. The second-order valence-corrected chi connectivity index (χ2v) is 6.12. The SMILES string of the molecule is CC[C@@H](C)[C@@H](CO)NC(=O)CCc1c(C)[nH]c2cc(=O)[nH]n2c1=O. The molecule has 0 unspecified atom stereocenters. The number of nitrogens with one attached hydrogen (secondary N) is 3. The van der Waals surface area contributed by atoms with Gasteiger partial charge in [0.25, 0.3) is 11.1 Å². The van der Waals surface area contributed by atoms with E-state index in [-0.39, 0.29) is 48.4 Å². The second kappa shape index (κ2) is 7.48. The third-order valence-electron chi connectivity index (χ3n) is 4.44. The number of aliphatic hydroxyl groups excluding tert-OH is 1. The largest absolute Gasteiger partial charge is 0.394 e. The first kappa shape index (κ1) is 18.0. The molecular weight excluding hydrogens is 312 g/mol. The highest BCUT2D eigenvalue weighted by Gasteiger charge is 2.18. The van der Waals surface area contributed by atoms with Crippen LogP contribution in [-0.4, -0.2) is 38.3 Å². The second-order valence-electron chi connectivity index (χ2n) is 6.12. The molecule has 8 nitrogen and oxygen atoms in total. The van der Waals surface area contributed by atoms with Gasteiger partial charge in [0.1, 0.15) is 5.65 Å². The Bertz CT molecular complexity index is 833. The number of hydrogen-bond acceptors (Lipinski definition) is 4. The molecule has 0 aliphatic carbocycles. The van der Waals surface area contributed by atoms with E-state index in [0.29, 0.717) is 16.9 Å². The van der Waals surface area contributed by atoms with Crippen LogP contribution in [-0.2, 0) is 11.2 Å². The van der Waals surface area contributed by atoms with Crippen molar-refractivity contribution in [3.63, 3.8) is 0 Å². The van der Waals surface area contributed by atoms with Gasteiger partial charge in [-0.2, -0.15) is 0 Å². The lowest BCUT2D eigenvalue weighted by atomic mass is 9.99. The van der Waals surface area contributed by atoms with Crippen LogP contribution in [0.15, 0.2) is 15.7 Å². The average Bonchev–Trinajstić information content (AvgIpc) is 2.92. The van der Waals surface area contributed by atoms with Gasteiger partial charge in [-0.25, -0.2) is 4.52 Å². The van der Waals surface area contributed by atoms with Gasteiger partial charge in [0.05, 0.1) is 12.6 Å². The molecule has 0 radical (unpaired) electrons. The van der Waals surface area contributed by atoms with E-state index in [9.17, 15) is 19.5 Å². The van der Waals surface area contributed by atoms with E-state index >= 15 is 0 Å². The van der Waals surface area contributed by atoms with Gasteiger partial charge in [0.15, 0.2) is 0 Å². The Labute approximate surface area is 138 Å². The zero-order chi connectivity index (χ0) is 17.9. The van der Waals surface area contributed by atoms with Crippen molar-refractivity contribution in [1.82, 2.24) is 19.9 Å². The van der Waals surface area contributed by atoms with Crippen molar-refractivity contribution in [1.29, 1.82) is 0 Å². The normalized spacial score (nSPS) is 13.8. The molecule has 0 aliphatic rings. The van der Waals surface area contributed by atoms with Gasteiger partial charge in [-0.15, -0.1) is 0 Å². The maximum Gasteiger partial charge on any atom is 0.276 e. The van der Waals surface area contributed by atoms with Gasteiger partial charge < -0.3 is 15.4 Å². The molecule has 0 aliphatic heterocycles. The van der Waals surface area contributed by atoms with E-state index in [4.69, 9.17) is 0 Å². The highest BCUT2D eigenvalue weighted by Crippen LogP contribution is 2.08. The summed E-state index contributed by atoms with van der Waals surface area (Å²) in [5, 5.41) is 14.6. The zero-order valence-corrected chi connectivity index (χ0v) is 14.2. The third-order valence-corrected chi connectivity index (χ3v) is 4.44. The van der Waals surface area contributed by atoms with Crippen molar-refractivity contribution >= 4 is 11.6 Å². The molecule has 0 saturated carbocycles. The lowest BCUT2D eigenvalue weighted by Crippen LogP contribution is -2.42. The van der Waals surface area contributed by atoms with Gasteiger partial charge in [-0.3, -0.25) is 19.5 Å². The Morgan fingerprint density at radius 3 is 2.75 bits per heavy atom. The van der Waals surface area contributed by atoms with Crippen LogP contribution in [0.2, 0.25) is 0 Å². The summed E-state index contributed by atoms with van der Waals surface area (Å²) in [4.78, 5) is 38.8. The van der Waals surface area contributed by atoms with Crippen LogP contribution in [0.5, 0.6) is 0 Å². The summed E-state index contributed by atoms with van der Waals surface area (Å²) in [6.45, 7) is 5.58. The molecule has 1 amide bonds. The molecule has 2 rings (SSSR count). The lowest BCUT2D eigenvalue weighted by Gasteiger charge is -2.22. The molecule has 2 aromatic heterocycles. The van der Waals surface area contributed by atoms with Gasteiger partial charge in [-0.1, -0.05) is 20.3 Å². The molecule has 0 bridgehead atoms. The minimum absolute atomic E-state index is 0.114.